The van der Waals surface area contributed by atoms with Gasteiger partial charge in [-0.25, -0.2) is 0 Å². The fourth-order valence-corrected chi connectivity index (χ4v) is 2.09. The maximum Gasteiger partial charge on any atom is 0.110 e. The van der Waals surface area contributed by atoms with E-state index >= 15 is 0 Å². The first-order valence-electron chi connectivity index (χ1n) is 6.48. The maximum atomic E-state index is 9.85. The lowest BCUT2D eigenvalue weighted by molar-refractivity contribution is 0.123. The van der Waals surface area contributed by atoms with Gasteiger partial charge < -0.3 is 9.84 Å². The monoisotopic (exact) mass is 214 g/mol. The van der Waals surface area contributed by atoms with Gasteiger partial charge in [-0.15, -0.1) is 0 Å². The summed E-state index contributed by atoms with van der Waals surface area (Å²) >= 11 is 0. The summed E-state index contributed by atoms with van der Waals surface area (Å²) in [5.41, 5.74) is 0. The molecule has 1 heterocycles. The minimum Gasteiger partial charge on any atom is -0.390 e. The predicted molar refractivity (Wildman–Crippen MR) is 62.9 cm³/mol. The Balaban J connectivity index is 2.02. The van der Waals surface area contributed by atoms with Gasteiger partial charge in [-0.3, -0.25) is 0 Å². The van der Waals surface area contributed by atoms with E-state index in [1.165, 1.54) is 19.3 Å². The van der Waals surface area contributed by atoms with Gasteiger partial charge >= 0.3 is 0 Å². The normalized spacial score (nSPS) is 27.0. The summed E-state index contributed by atoms with van der Waals surface area (Å²) in [6, 6.07) is 0. The van der Waals surface area contributed by atoms with Gasteiger partial charge in [0.15, 0.2) is 0 Å². The second-order valence-corrected chi connectivity index (χ2v) is 5.19. The Morgan fingerprint density at radius 2 is 1.93 bits per heavy atom. The number of aliphatic hydroxyl groups is 1. The maximum absolute atomic E-state index is 9.85. The van der Waals surface area contributed by atoms with Crippen molar-refractivity contribution in [3.8, 4) is 0 Å². The van der Waals surface area contributed by atoms with E-state index in [9.17, 15) is 5.11 Å². The molecular formula is C13H26O2. The van der Waals surface area contributed by atoms with Crippen LogP contribution in [0, 0.1) is 5.92 Å². The van der Waals surface area contributed by atoms with Gasteiger partial charge in [0, 0.05) is 0 Å². The highest BCUT2D eigenvalue weighted by atomic mass is 16.6. The molecule has 90 valence electrons. The van der Waals surface area contributed by atoms with Crippen LogP contribution in [-0.2, 0) is 4.74 Å². The summed E-state index contributed by atoms with van der Waals surface area (Å²) in [6.07, 6.45) is 7.21. The molecular weight excluding hydrogens is 188 g/mol. The zero-order valence-electron chi connectivity index (χ0n) is 10.4. The molecule has 0 saturated carbocycles. The molecule has 1 aliphatic rings. The van der Waals surface area contributed by atoms with Gasteiger partial charge in [-0.2, -0.15) is 0 Å². The predicted octanol–water partition coefficient (Wildman–Crippen LogP) is 3.13. The molecule has 0 aromatic heterocycles. The van der Waals surface area contributed by atoms with Crippen molar-refractivity contribution < 1.29 is 9.84 Å². The molecule has 0 amide bonds. The van der Waals surface area contributed by atoms with E-state index in [-0.39, 0.29) is 12.2 Å². The Morgan fingerprint density at radius 3 is 2.53 bits per heavy atom. The lowest BCUT2D eigenvalue weighted by atomic mass is 10.0. The SMILES string of the molecule is CCCCCCC(O)C1OC1CC(C)C. The molecule has 1 saturated heterocycles. The number of unbranched alkanes of at least 4 members (excludes halogenated alkanes) is 3. The van der Waals surface area contributed by atoms with Crippen LogP contribution in [0.1, 0.15) is 59.3 Å². The highest BCUT2D eigenvalue weighted by Crippen LogP contribution is 2.32. The molecule has 3 unspecified atom stereocenters. The molecule has 0 aromatic carbocycles. The smallest absolute Gasteiger partial charge is 0.110 e. The van der Waals surface area contributed by atoms with E-state index in [1.54, 1.807) is 0 Å². The number of ether oxygens (including phenoxy) is 1. The zero-order chi connectivity index (χ0) is 11.3. The van der Waals surface area contributed by atoms with Gasteiger partial charge in [0.1, 0.15) is 6.10 Å². The second-order valence-electron chi connectivity index (χ2n) is 5.19. The van der Waals surface area contributed by atoms with Crippen LogP contribution in [0.4, 0.5) is 0 Å². The first-order valence-corrected chi connectivity index (χ1v) is 6.48. The van der Waals surface area contributed by atoms with Crippen LogP contribution < -0.4 is 0 Å². The van der Waals surface area contributed by atoms with Crippen LogP contribution >= 0.6 is 0 Å². The summed E-state index contributed by atoms with van der Waals surface area (Å²) < 4.78 is 5.50. The van der Waals surface area contributed by atoms with Crippen molar-refractivity contribution >= 4 is 0 Å². The molecule has 2 nitrogen and oxygen atoms in total. The molecule has 1 N–H and O–H groups in total. The average molecular weight is 214 g/mol. The topological polar surface area (TPSA) is 32.8 Å². The summed E-state index contributed by atoms with van der Waals surface area (Å²) in [6.45, 7) is 6.61. The summed E-state index contributed by atoms with van der Waals surface area (Å²) in [4.78, 5) is 0. The fraction of sp³-hybridized carbons (Fsp3) is 1.00. The van der Waals surface area contributed by atoms with Crippen molar-refractivity contribution in [1.29, 1.82) is 0 Å². The largest absolute Gasteiger partial charge is 0.390 e. The zero-order valence-corrected chi connectivity index (χ0v) is 10.4. The van der Waals surface area contributed by atoms with Crippen molar-refractivity contribution in [2.45, 2.75) is 77.6 Å². The number of hydrogen-bond acceptors (Lipinski definition) is 2. The molecule has 0 spiro atoms. The van der Waals surface area contributed by atoms with Crippen LogP contribution in [0.25, 0.3) is 0 Å². The van der Waals surface area contributed by atoms with E-state index in [2.05, 4.69) is 20.8 Å². The van der Waals surface area contributed by atoms with Crippen molar-refractivity contribution in [1.82, 2.24) is 0 Å². The Bertz CT molecular complexity index is 168. The third-order valence-corrected chi connectivity index (χ3v) is 3.06. The van der Waals surface area contributed by atoms with E-state index in [1.807, 2.05) is 0 Å². The molecule has 0 aromatic rings. The van der Waals surface area contributed by atoms with Crippen LogP contribution in [0.5, 0.6) is 0 Å². The highest BCUT2D eigenvalue weighted by Gasteiger charge is 2.43. The number of aliphatic hydroxyl groups excluding tert-OH is 1. The molecule has 0 radical (unpaired) electrons. The summed E-state index contributed by atoms with van der Waals surface area (Å²) in [7, 11) is 0. The Kier molecular flexibility index (Phi) is 5.62. The fourth-order valence-electron chi connectivity index (χ4n) is 2.09. The molecule has 0 aliphatic carbocycles. The van der Waals surface area contributed by atoms with Crippen LogP contribution in [0.3, 0.4) is 0 Å². The van der Waals surface area contributed by atoms with E-state index in [0.29, 0.717) is 12.0 Å². The molecule has 15 heavy (non-hydrogen) atoms. The van der Waals surface area contributed by atoms with Crippen molar-refractivity contribution in [3.63, 3.8) is 0 Å². The number of epoxide rings is 1. The van der Waals surface area contributed by atoms with Crippen LogP contribution in [0.2, 0.25) is 0 Å². The second kappa shape index (κ2) is 6.49. The van der Waals surface area contributed by atoms with Gasteiger partial charge in [-0.05, 0) is 18.8 Å². The lowest BCUT2D eigenvalue weighted by Crippen LogP contribution is -2.17. The van der Waals surface area contributed by atoms with E-state index < -0.39 is 0 Å². The van der Waals surface area contributed by atoms with Gasteiger partial charge in [-0.1, -0.05) is 46.5 Å². The molecule has 1 rings (SSSR count). The van der Waals surface area contributed by atoms with Gasteiger partial charge in [0.2, 0.25) is 0 Å². The number of rotatable bonds is 8. The Morgan fingerprint density at radius 1 is 1.20 bits per heavy atom. The van der Waals surface area contributed by atoms with Crippen molar-refractivity contribution in [3.05, 3.63) is 0 Å². The molecule has 1 aliphatic heterocycles. The van der Waals surface area contributed by atoms with Crippen molar-refractivity contribution in [2.24, 2.45) is 5.92 Å². The van der Waals surface area contributed by atoms with Gasteiger partial charge in [0.05, 0.1) is 12.2 Å². The van der Waals surface area contributed by atoms with E-state index in [4.69, 9.17) is 4.74 Å². The Labute approximate surface area is 94.0 Å². The van der Waals surface area contributed by atoms with Crippen LogP contribution in [0.15, 0.2) is 0 Å². The average Bonchev–Trinajstić information content (AvgIpc) is 2.90. The minimum atomic E-state index is -0.217. The quantitative estimate of drug-likeness (QED) is 0.497. The minimum absolute atomic E-state index is 0.147. The highest BCUT2D eigenvalue weighted by molar-refractivity contribution is 4.90. The number of hydrogen-bond donors (Lipinski definition) is 1. The van der Waals surface area contributed by atoms with Gasteiger partial charge in [0.25, 0.3) is 0 Å². The Hall–Kier alpha value is -0.0800. The molecule has 1 fully saturated rings. The molecule has 2 heteroatoms. The van der Waals surface area contributed by atoms with Crippen molar-refractivity contribution in [2.75, 3.05) is 0 Å². The third-order valence-electron chi connectivity index (χ3n) is 3.06. The summed E-state index contributed by atoms with van der Waals surface area (Å²) in [5.74, 6) is 0.673. The summed E-state index contributed by atoms with van der Waals surface area (Å²) in [5, 5.41) is 9.85. The standard InChI is InChI=1S/C13H26O2/c1-4-5-6-7-8-11(14)13-12(15-13)9-10(2)3/h10-14H,4-9H2,1-3H3. The van der Waals surface area contributed by atoms with Crippen LogP contribution in [-0.4, -0.2) is 23.4 Å². The molecule has 0 bridgehead atoms. The molecule has 3 atom stereocenters. The van der Waals surface area contributed by atoms with E-state index in [0.717, 1.165) is 19.3 Å². The first-order chi connectivity index (χ1) is 7.15. The first kappa shape index (κ1) is 13.0. The third kappa shape index (κ3) is 4.98. The lowest BCUT2D eigenvalue weighted by Gasteiger charge is -2.07.